The fourth-order valence-corrected chi connectivity index (χ4v) is 3.36. The quantitative estimate of drug-likeness (QED) is 0.497. The Morgan fingerprint density at radius 3 is 2.57 bits per heavy atom. The second-order valence-corrected chi connectivity index (χ2v) is 7.08. The molecule has 0 unspecified atom stereocenters. The van der Waals surface area contributed by atoms with Crippen molar-refractivity contribution in [2.45, 2.75) is 13.1 Å². The van der Waals surface area contributed by atoms with Crippen LogP contribution in [0.1, 0.15) is 25.6 Å². The highest BCUT2D eigenvalue weighted by Gasteiger charge is 2.27. The van der Waals surface area contributed by atoms with E-state index in [9.17, 15) is 27.2 Å². The second kappa shape index (κ2) is 9.35. The van der Waals surface area contributed by atoms with E-state index < -0.39 is 30.4 Å². The molecule has 0 aliphatic heterocycles. The zero-order chi connectivity index (χ0) is 20.9. The molecule has 1 aromatic carbocycles. The molecule has 2 N–H and O–H groups in total. The summed E-state index contributed by atoms with van der Waals surface area (Å²) >= 11 is 6.83. The van der Waals surface area contributed by atoms with Crippen LogP contribution in [0.3, 0.4) is 0 Å². The summed E-state index contributed by atoms with van der Waals surface area (Å²) < 4.78 is 53.4. The summed E-state index contributed by atoms with van der Waals surface area (Å²) in [4.78, 5) is 24.7. The zero-order valence-electron chi connectivity index (χ0n) is 14.5. The van der Waals surface area contributed by atoms with Gasteiger partial charge in [-0.15, -0.1) is 11.3 Å². The van der Waals surface area contributed by atoms with E-state index in [0.717, 1.165) is 23.5 Å². The summed E-state index contributed by atoms with van der Waals surface area (Å²) in [6, 6.07) is 4.91. The first-order valence-electron chi connectivity index (χ1n) is 7.86. The molecule has 0 radical (unpaired) electrons. The number of anilines is 1. The molecule has 0 aliphatic carbocycles. The Morgan fingerprint density at radius 2 is 1.93 bits per heavy atom. The molecule has 152 valence electrons. The fourth-order valence-electron chi connectivity index (χ4n) is 2.13. The van der Waals surface area contributed by atoms with Gasteiger partial charge in [0.05, 0.1) is 27.1 Å². The molecule has 0 spiro atoms. The van der Waals surface area contributed by atoms with Crippen molar-refractivity contribution in [1.82, 2.24) is 5.32 Å². The lowest BCUT2D eigenvalue weighted by Gasteiger charge is -2.08. The predicted octanol–water partition coefficient (Wildman–Crippen LogP) is 4.41. The first-order chi connectivity index (χ1) is 13.1. The van der Waals surface area contributed by atoms with Crippen molar-refractivity contribution < 1.29 is 31.9 Å². The van der Waals surface area contributed by atoms with Gasteiger partial charge in [-0.25, -0.2) is 4.39 Å². The number of carbonyl (C=O) groups excluding carboxylic acids is 2. The fraction of sp³-hybridized carbons (Fsp3) is 0.294. The van der Waals surface area contributed by atoms with Crippen LogP contribution in [0, 0.1) is 12.7 Å². The number of rotatable bonds is 7. The predicted molar refractivity (Wildman–Crippen MR) is 97.6 cm³/mol. The molecule has 2 amide bonds. The molecule has 0 saturated carbocycles. The van der Waals surface area contributed by atoms with E-state index in [-0.39, 0.29) is 28.6 Å². The monoisotopic (exact) mass is 438 g/mol. The molecule has 5 nitrogen and oxygen atoms in total. The molecule has 0 saturated heterocycles. The number of carbonyl (C=O) groups is 2. The van der Waals surface area contributed by atoms with Crippen LogP contribution in [-0.2, 0) is 4.74 Å². The maximum absolute atomic E-state index is 13.1. The first kappa shape index (κ1) is 22.1. The highest BCUT2D eigenvalue weighted by atomic mass is 35.5. The third-order valence-electron chi connectivity index (χ3n) is 3.33. The van der Waals surface area contributed by atoms with E-state index in [0.29, 0.717) is 10.6 Å². The van der Waals surface area contributed by atoms with Gasteiger partial charge in [0.25, 0.3) is 11.8 Å². The van der Waals surface area contributed by atoms with E-state index in [1.54, 1.807) is 13.0 Å². The minimum absolute atomic E-state index is 0.0531. The van der Waals surface area contributed by atoms with Crippen LogP contribution in [0.15, 0.2) is 24.3 Å². The number of hydrogen-bond donors (Lipinski definition) is 2. The maximum Gasteiger partial charge on any atom is 0.411 e. The maximum atomic E-state index is 13.1. The molecule has 0 aliphatic rings. The number of aryl methyl sites for hydroxylation is 1. The molecule has 2 rings (SSSR count). The molecular formula is C17H15ClF4N2O3S. The number of alkyl halides is 3. The molecule has 11 heteroatoms. The summed E-state index contributed by atoms with van der Waals surface area (Å²) in [7, 11) is 0. The van der Waals surface area contributed by atoms with Gasteiger partial charge in [0.15, 0.2) is 0 Å². The normalized spacial score (nSPS) is 11.4. The first-order valence-corrected chi connectivity index (χ1v) is 9.06. The van der Waals surface area contributed by atoms with Gasteiger partial charge in [-0.1, -0.05) is 11.6 Å². The Kier molecular flexibility index (Phi) is 7.39. The Labute approximate surface area is 166 Å². The van der Waals surface area contributed by atoms with Gasteiger partial charge in [-0.05, 0) is 36.8 Å². The molecule has 0 atom stereocenters. The summed E-state index contributed by atoms with van der Waals surface area (Å²) in [5, 5.41) is 5.32. The van der Waals surface area contributed by atoms with E-state index in [2.05, 4.69) is 15.4 Å². The molecule has 0 fully saturated rings. The summed E-state index contributed by atoms with van der Waals surface area (Å²) in [5.74, 6) is -1.65. The van der Waals surface area contributed by atoms with Crippen LogP contribution >= 0.6 is 22.9 Å². The number of ether oxygens (including phenoxy) is 1. The molecule has 2 aromatic rings. The molecule has 0 bridgehead atoms. The number of benzene rings is 1. The molecular weight excluding hydrogens is 424 g/mol. The van der Waals surface area contributed by atoms with Gasteiger partial charge < -0.3 is 15.4 Å². The average Bonchev–Trinajstić information content (AvgIpc) is 2.93. The topological polar surface area (TPSA) is 67.4 Å². The molecule has 28 heavy (non-hydrogen) atoms. The van der Waals surface area contributed by atoms with Gasteiger partial charge in [0.1, 0.15) is 12.4 Å². The Hall–Kier alpha value is -2.17. The van der Waals surface area contributed by atoms with Gasteiger partial charge >= 0.3 is 6.18 Å². The number of amides is 2. The van der Waals surface area contributed by atoms with Crippen molar-refractivity contribution in [3.63, 3.8) is 0 Å². The van der Waals surface area contributed by atoms with Crippen molar-refractivity contribution in [2.75, 3.05) is 25.1 Å². The number of thiophene rings is 1. The Bertz CT molecular complexity index is 871. The van der Waals surface area contributed by atoms with Crippen molar-refractivity contribution in [1.29, 1.82) is 0 Å². The smallest absolute Gasteiger partial charge is 0.370 e. The third-order valence-corrected chi connectivity index (χ3v) is 4.80. The van der Waals surface area contributed by atoms with Crippen LogP contribution in [0.25, 0.3) is 0 Å². The highest BCUT2D eigenvalue weighted by Crippen LogP contribution is 2.28. The summed E-state index contributed by atoms with van der Waals surface area (Å²) in [6.45, 7) is -0.128. The summed E-state index contributed by atoms with van der Waals surface area (Å²) in [6.07, 6.45) is -4.42. The summed E-state index contributed by atoms with van der Waals surface area (Å²) in [5.41, 5.74) is 0.640. The third kappa shape index (κ3) is 6.47. The minimum Gasteiger partial charge on any atom is -0.370 e. The van der Waals surface area contributed by atoms with Crippen LogP contribution < -0.4 is 10.6 Å². The van der Waals surface area contributed by atoms with Gasteiger partial charge in [0.2, 0.25) is 0 Å². The van der Waals surface area contributed by atoms with E-state index >= 15 is 0 Å². The SMILES string of the molecule is Cc1cc(NC(=O)c2ccc(F)cc2Cl)sc1C(=O)NCCOCC(F)(F)F. The lowest BCUT2D eigenvalue weighted by molar-refractivity contribution is -0.173. The van der Waals surface area contributed by atoms with Crippen molar-refractivity contribution >= 4 is 39.8 Å². The standard InChI is InChI=1S/C17H15ClF4N2O3S/c1-9-6-13(24-15(25)11-3-2-10(19)7-12(11)18)28-14(9)16(26)23-4-5-27-8-17(20,21)22/h2-3,6-7H,4-5,8H2,1H3,(H,23,26)(H,24,25). The lowest BCUT2D eigenvalue weighted by atomic mass is 10.2. The number of halogens is 5. The van der Waals surface area contributed by atoms with E-state index in [4.69, 9.17) is 11.6 Å². The van der Waals surface area contributed by atoms with E-state index in [1.165, 1.54) is 6.07 Å². The van der Waals surface area contributed by atoms with E-state index in [1.807, 2.05) is 0 Å². The van der Waals surface area contributed by atoms with Crippen molar-refractivity contribution in [3.05, 3.63) is 51.1 Å². The van der Waals surface area contributed by atoms with Gasteiger partial charge in [-0.2, -0.15) is 13.2 Å². The highest BCUT2D eigenvalue weighted by molar-refractivity contribution is 7.18. The van der Waals surface area contributed by atoms with Crippen LogP contribution in [-0.4, -0.2) is 37.7 Å². The van der Waals surface area contributed by atoms with Crippen LogP contribution in [0.5, 0.6) is 0 Å². The minimum atomic E-state index is -4.42. The molecule has 1 aromatic heterocycles. The Morgan fingerprint density at radius 1 is 1.21 bits per heavy atom. The molecule has 1 heterocycles. The van der Waals surface area contributed by atoms with Crippen molar-refractivity contribution in [2.24, 2.45) is 0 Å². The lowest BCUT2D eigenvalue weighted by Crippen LogP contribution is -2.28. The second-order valence-electron chi connectivity index (χ2n) is 5.62. The van der Waals surface area contributed by atoms with Gasteiger partial charge in [0, 0.05) is 6.54 Å². The largest absolute Gasteiger partial charge is 0.411 e. The zero-order valence-corrected chi connectivity index (χ0v) is 16.0. The van der Waals surface area contributed by atoms with Crippen molar-refractivity contribution in [3.8, 4) is 0 Å². The Balaban J connectivity index is 1.93. The number of hydrogen-bond acceptors (Lipinski definition) is 4. The number of nitrogens with one attached hydrogen (secondary N) is 2. The van der Waals surface area contributed by atoms with Crippen LogP contribution in [0.4, 0.5) is 22.6 Å². The van der Waals surface area contributed by atoms with Crippen LogP contribution in [0.2, 0.25) is 5.02 Å². The van der Waals surface area contributed by atoms with Gasteiger partial charge in [-0.3, -0.25) is 9.59 Å². The average molecular weight is 439 g/mol.